The molecule has 0 bridgehead atoms. The topological polar surface area (TPSA) is 12.0 Å². The van der Waals surface area contributed by atoms with E-state index >= 15 is 0 Å². The van der Waals surface area contributed by atoms with E-state index in [4.69, 9.17) is 0 Å². The zero-order valence-corrected chi connectivity index (χ0v) is 10.4. The molecule has 0 rings (SSSR count). The number of hydrogen-bond acceptors (Lipinski definition) is 1. The predicted molar refractivity (Wildman–Crippen MR) is 65.7 cm³/mol. The molecule has 0 aliphatic rings. The highest BCUT2D eigenvalue weighted by atomic mass is 14.8. The van der Waals surface area contributed by atoms with E-state index in [1.807, 2.05) is 0 Å². The SMILES string of the molecule is CCCCC(C)CCCCCNCC. The van der Waals surface area contributed by atoms with Crippen molar-refractivity contribution in [3.8, 4) is 0 Å². The van der Waals surface area contributed by atoms with Crippen molar-refractivity contribution in [2.45, 2.75) is 65.7 Å². The first-order valence-electron chi connectivity index (χ1n) is 6.52. The Morgan fingerprint density at radius 1 is 0.929 bits per heavy atom. The molecule has 0 heterocycles. The fourth-order valence-corrected chi connectivity index (χ4v) is 1.79. The van der Waals surface area contributed by atoms with Gasteiger partial charge < -0.3 is 5.32 Å². The maximum Gasteiger partial charge on any atom is -0.00490 e. The molecule has 0 radical (unpaired) electrons. The van der Waals surface area contributed by atoms with Crippen molar-refractivity contribution in [1.82, 2.24) is 5.32 Å². The minimum Gasteiger partial charge on any atom is -0.317 e. The highest BCUT2D eigenvalue weighted by molar-refractivity contribution is 4.54. The van der Waals surface area contributed by atoms with Crippen molar-refractivity contribution < 1.29 is 0 Å². The van der Waals surface area contributed by atoms with E-state index < -0.39 is 0 Å². The van der Waals surface area contributed by atoms with Gasteiger partial charge in [-0.3, -0.25) is 0 Å². The number of hydrogen-bond donors (Lipinski definition) is 1. The molecule has 0 aromatic heterocycles. The highest BCUT2D eigenvalue weighted by Crippen LogP contribution is 2.15. The molecular formula is C13H29N. The van der Waals surface area contributed by atoms with Gasteiger partial charge in [-0.25, -0.2) is 0 Å². The number of unbranched alkanes of at least 4 members (excludes halogenated alkanes) is 3. The summed E-state index contributed by atoms with van der Waals surface area (Å²) >= 11 is 0. The van der Waals surface area contributed by atoms with E-state index in [0.717, 1.165) is 12.5 Å². The van der Waals surface area contributed by atoms with Gasteiger partial charge >= 0.3 is 0 Å². The molecule has 1 N–H and O–H groups in total. The van der Waals surface area contributed by atoms with Gasteiger partial charge in [0.25, 0.3) is 0 Å². The van der Waals surface area contributed by atoms with Gasteiger partial charge in [0.05, 0.1) is 0 Å². The van der Waals surface area contributed by atoms with E-state index in [1.54, 1.807) is 0 Å². The first kappa shape index (κ1) is 14.0. The molecule has 0 aliphatic carbocycles. The Balaban J connectivity index is 3.02. The molecule has 86 valence electrons. The van der Waals surface area contributed by atoms with Crippen LogP contribution in [0.4, 0.5) is 0 Å². The van der Waals surface area contributed by atoms with Crippen molar-refractivity contribution in [2.75, 3.05) is 13.1 Å². The zero-order chi connectivity index (χ0) is 10.6. The summed E-state index contributed by atoms with van der Waals surface area (Å²) in [6.07, 6.45) is 9.83. The monoisotopic (exact) mass is 199 g/mol. The summed E-state index contributed by atoms with van der Waals surface area (Å²) in [5.74, 6) is 0.953. The van der Waals surface area contributed by atoms with Crippen molar-refractivity contribution in [3.05, 3.63) is 0 Å². The first-order valence-corrected chi connectivity index (χ1v) is 6.52. The van der Waals surface area contributed by atoms with Crippen LogP contribution >= 0.6 is 0 Å². The van der Waals surface area contributed by atoms with Gasteiger partial charge in [0.1, 0.15) is 0 Å². The Labute approximate surface area is 90.7 Å². The molecule has 0 saturated heterocycles. The summed E-state index contributed by atoms with van der Waals surface area (Å²) in [4.78, 5) is 0. The van der Waals surface area contributed by atoms with Crippen molar-refractivity contribution in [2.24, 2.45) is 5.92 Å². The maximum absolute atomic E-state index is 3.37. The van der Waals surface area contributed by atoms with Crippen LogP contribution < -0.4 is 5.32 Å². The molecule has 0 fully saturated rings. The summed E-state index contributed by atoms with van der Waals surface area (Å²) in [5, 5.41) is 3.37. The molecule has 0 saturated carbocycles. The summed E-state index contributed by atoms with van der Waals surface area (Å²) < 4.78 is 0. The number of rotatable bonds is 10. The summed E-state index contributed by atoms with van der Waals surface area (Å²) in [7, 11) is 0. The fraction of sp³-hybridized carbons (Fsp3) is 1.00. The van der Waals surface area contributed by atoms with Crippen LogP contribution in [0.1, 0.15) is 65.7 Å². The minimum atomic E-state index is 0.953. The molecule has 1 nitrogen and oxygen atoms in total. The van der Waals surface area contributed by atoms with E-state index in [-0.39, 0.29) is 0 Å². The average Bonchev–Trinajstić information content (AvgIpc) is 2.20. The van der Waals surface area contributed by atoms with Crippen LogP contribution in [-0.4, -0.2) is 13.1 Å². The standard InChI is InChI=1S/C13H29N/c1-4-6-10-13(3)11-8-7-9-12-14-5-2/h13-14H,4-12H2,1-3H3. The lowest BCUT2D eigenvalue weighted by atomic mass is 9.97. The second kappa shape index (κ2) is 11.0. The maximum atomic E-state index is 3.37. The normalized spacial score (nSPS) is 13.1. The van der Waals surface area contributed by atoms with Gasteiger partial charge in [0.15, 0.2) is 0 Å². The van der Waals surface area contributed by atoms with Gasteiger partial charge in [-0.05, 0) is 25.4 Å². The highest BCUT2D eigenvalue weighted by Gasteiger charge is 2.00. The Morgan fingerprint density at radius 2 is 1.64 bits per heavy atom. The van der Waals surface area contributed by atoms with Crippen LogP contribution in [0.15, 0.2) is 0 Å². The Kier molecular flexibility index (Phi) is 11.0. The molecule has 0 aromatic rings. The van der Waals surface area contributed by atoms with Crippen LogP contribution in [0, 0.1) is 5.92 Å². The predicted octanol–water partition coefficient (Wildman–Crippen LogP) is 3.98. The lowest BCUT2D eigenvalue weighted by Gasteiger charge is -2.10. The van der Waals surface area contributed by atoms with Gasteiger partial charge in [0, 0.05) is 0 Å². The van der Waals surface area contributed by atoms with Crippen LogP contribution in [0.5, 0.6) is 0 Å². The Morgan fingerprint density at radius 3 is 2.29 bits per heavy atom. The quantitative estimate of drug-likeness (QED) is 0.525. The van der Waals surface area contributed by atoms with Gasteiger partial charge in [-0.15, -0.1) is 0 Å². The van der Waals surface area contributed by atoms with Crippen LogP contribution in [0.25, 0.3) is 0 Å². The van der Waals surface area contributed by atoms with Crippen LogP contribution in [-0.2, 0) is 0 Å². The third-order valence-electron chi connectivity index (χ3n) is 2.85. The first-order chi connectivity index (χ1) is 6.81. The van der Waals surface area contributed by atoms with E-state index in [9.17, 15) is 0 Å². The van der Waals surface area contributed by atoms with E-state index in [1.165, 1.54) is 51.5 Å². The molecule has 1 unspecified atom stereocenters. The Hall–Kier alpha value is -0.0400. The van der Waals surface area contributed by atoms with E-state index in [2.05, 4.69) is 26.1 Å². The minimum absolute atomic E-state index is 0.953. The van der Waals surface area contributed by atoms with Crippen molar-refractivity contribution >= 4 is 0 Å². The summed E-state index contributed by atoms with van der Waals surface area (Å²) in [5.41, 5.74) is 0. The lowest BCUT2D eigenvalue weighted by Crippen LogP contribution is -2.13. The second-order valence-corrected chi connectivity index (χ2v) is 4.45. The lowest BCUT2D eigenvalue weighted by molar-refractivity contribution is 0.443. The van der Waals surface area contributed by atoms with Crippen LogP contribution in [0.3, 0.4) is 0 Å². The molecule has 0 spiro atoms. The van der Waals surface area contributed by atoms with Gasteiger partial charge in [-0.1, -0.05) is 59.3 Å². The smallest absolute Gasteiger partial charge is 0.00490 e. The van der Waals surface area contributed by atoms with Crippen LogP contribution in [0.2, 0.25) is 0 Å². The third-order valence-corrected chi connectivity index (χ3v) is 2.85. The average molecular weight is 199 g/mol. The molecule has 1 atom stereocenters. The summed E-state index contributed by atoms with van der Waals surface area (Å²) in [6, 6.07) is 0. The molecule has 0 aromatic carbocycles. The molecule has 0 amide bonds. The largest absolute Gasteiger partial charge is 0.317 e. The number of nitrogens with one attached hydrogen (secondary N) is 1. The van der Waals surface area contributed by atoms with Crippen molar-refractivity contribution in [1.29, 1.82) is 0 Å². The zero-order valence-electron chi connectivity index (χ0n) is 10.4. The fourth-order valence-electron chi connectivity index (χ4n) is 1.79. The molecule has 1 heteroatoms. The van der Waals surface area contributed by atoms with Gasteiger partial charge in [0.2, 0.25) is 0 Å². The van der Waals surface area contributed by atoms with Crippen molar-refractivity contribution in [3.63, 3.8) is 0 Å². The third kappa shape index (κ3) is 10.0. The molecular weight excluding hydrogens is 170 g/mol. The van der Waals surface area contributed by atoms with E-state index in [0.29, 0.717) is 0 Å². The molecule has 0 aliphatic heterocycles. The summed E-state index contributed by atoms with van der Waals surface area (Å²) in [6.45, 7) is 9.18. The Bertz CT molecular complexity index is 101. The van der Waals surface area contributed by atoms with Gasteiger partial charge in [-0.2, -0.15) is 0 Å². The second-order valence-electron chi connectivity index (χ2n) is 4.45. The molecule has 14 heavy (non-hydrogen) atoms.